The molecule has 0 bridgehead atoms. The van der Waals surface area contributed by atoms with E-state index in [1.54, 1.807) is 34.6 Å². The Labute approximate surface area is 138 Å². The van der Waals surface area contributed by atoms with Gasteiger partial charge in [0.15, 0.2) is 25.2 Å². The van der Waals surface area contributed by atoms with Crippen molar-refractivity contribution >= 4 is 5.97 Å². The Kier molecular flexibility index (Phi) is 11.3. The molecule has 7 nitrogen and oxygen atoms in total. The van der Waals surface area contributed by atoms with Gasteiger partial charge in [0.25, 0.3) is 0 Å². The molecule has 0 heterocycles. The monoisotopic (exact) mass is 332 g/mol. The molecule has 0 aliphatic heterocycles. The zero-order valence-electron chi connectivity index (χ0n) is 14.6. The van der Waals surface area contributed by atoms with Crippen LogP contribution in [0, 0.1) is 0 Å². The standard InChI is InChI=1S/C16H28O7/c1-8-18-12(4)21-14(6)23-15(7)22-13(5)19-9-10-20-16(17)11(2)3/h8,12-15H,1-2,9-10H2,3-7H3. The minimum atomic E-state index is -0.547. The van der Waals surface area contributed by atoms with Gasteiger partial charge in [-0.15, -0.1) is 0 Å². The van der Waals surface area contributed by atoms with Crippen molar-refractivity contribution < 1.29 is 33.2 Å². The van der Waals surface area contributed by atoms with E-state index in [0.717, 1.165) is 0 Å². The van der Waals surface area contributed by atoms with Crippen molar-refractivity contribution in [3.8, 4) is 0 Å². The van der Waals surface area contributed by atoms with E-state index in [-0.39, 0.29) is 13.2 Å². The maximum atomic E-state index is 11.2. The topological polar surface area (TPSA) is 72.5 Å². The largest absolute Gasteiger partial charge is 0.473 e. The molecule has 0 saturated carbocycles. The van der Waals surface area contributed by atoms with Crippen LogP contribution in [0.3, 0.4) is 0 Å². The van der Waals surface area contributed by atoms with Crippen molar-refractivity contribution in [2.75, 3.05) is 13.2 Å². The second-order valence-corrected chi connectivity index (χ2v) is 4.77. The van der Waals surface area contributed by atoms with Gasteiger partial charge in [-0.25, -0.2) is 4.79 Å². The molecule has 4 unspecified atom stereocenters. The summed E-state index contributed by atoms with van der Waals surface area (Å²) < 4.78 is 31.6. The smallest absolute Gasteiger partial charge is 0.333 e. The summed E-state index contributed by atoms with van der Waals surface area (Å²) in [6.45, 7) is 15.7. The molecule has 0 spiro atoms. The molecule has 0 aromatic rings. The van der Waals surface area contributed by atoms with Gasteiger partial charge in [-0.05, 0) is 34.6 Å². The summed E-state index contributed by atoms with van der Waals surface area (Å²) in [4.78, 5) is 11.2. The van der Waals surface area contributed by atoms with Gasteiger partial charge in [0.2, 0.25) is 0 Å². The van der Waals surface area contributed by atoms with E-state index in [9.17, 15) is 4.79 Å². The fourth-order valence-electron chi connectivity index (χ4n) is 1.55. The highest BCUT2D eigenvalue weighted by Crippen LogP contribution is 2.08. The van der Waals surface area contributed by atoms with Crippen LogP contribution in [-0.4, -0.2) is 44.3 Å². The molecule has 7 heteroatoms. The van der Waals surface area contributed by atoms with Crippen molar-refractivity contribution in [3.63, 3.8) is 0 Å². The molecule has 0 radical (unpaired) electrons. The van der Waals surface area contributed by atoms with Crippen molar-refractivity contribution in [2.24, 2.45) is 0 Å². The van der Waals surface area contributed by atoms with Crippen molar-refractivity contribution in [2.45, 2.75) is 59.8 Å². The third kappa shape index (κ3) is 11.8. The maximum absolute atomic E-state index is 11.2. The summed E-state index contributed by atoms with van der Waals surface area (Å²) >= 11 is 0. The van der Waals surface area contributed by atoms with Crippen LogP contribution in [0.5, 0.6) is 0 Å². The number of carbonyl (C=O) groups excluding carboxylic acids is 1. The lowest BCUT2D eigenvalue weighted by Gasteiger charge is -2.24. The molecule has 0 rings (SSSR count). The number of carbonyl (C=O) groups is 1. The highest BCUT2D eigenvalue weighted by atomic mass is 16.8. The first-order chi connectivity index (χ1) is 10.8. The molecule has 134 valence electrons. The Bertz CT molecular complexity index is 369. The lowest BCUT2D eigenvalue weighted by molar-refractivity contribution is -0.301. The van der Waals surface area contributed by atoms with E-state index in [0.29, 0.717) is 5.57 Å². The minimum absolute atomic E-state index is 0.130. The SMILES string of the molecule is C=COC(C)OC(C)OC(C)OC(C)OCCOC(=O)C(=C)C. The summed E-state index contributed by atoms with van der Waals surface area (Å²) in [5.74, 6) is -0.444. The first-order valence-electron chi connectivity index (χ1n) is 7.43. The average Bonchev–Trinajstić information content (AvgIpc) is 2.42. The third-order valence-corrected chi connectivity index (χ3v) is 2.46. The molecule has 0 N–H and O–H groups in total. The van der Waals surface area contributed by atoms with Crippen LogP contribution >= 0.6 is 0 Å². The Balaban J connectivity index is 3.83. The first-order valence-corrected chi connectivity index (χ1v) is 7.43. The Hall–Kier alpha value is -1.41. The van der Waals surface area contributed by atoms with E-state index in [1.165, 1.54) is 6.26 Å². The van der Waals surface area contributed by atoms with Crippen molar-refractivity contribution in [1.29, 1.82) is 0 Å². The molecule has 0 aliphatic rings. The quantitative estimate of drug-likeness (QED) is 0.169. The van der Waals surface area contributed by atoms with Crippen LogP contribution in [0.25, 0.3) is 0 Å². The van der Waals surface area contributed by atoms with Gasteiger partial charge in [-0.1, -0.05) is 13.2 Å². The molecule has 0 amide bonds. The maximum Gasteiger partial charge on any atom is 0.333 e. The molecule has 23 heavy (non-hydrogen) atoms. The molecule has 0 aliphatic carbocycles. The number of rotatable bonds is 13. The fraction of sp³-hybridized carbons (Fsp3) is 0.688. The normalized spacial score (nSPS) is 16.0. The van der Waals surface area contributed by atoms with Gasteiger partial charge in [0.05, 0.1) is 12.9 Å². The number of esters is 1. The van der Waals surface area contributed by atoms with E-state index in [4.69, 9.17) is 28.4 Å². The molecule has 0 fully saturated rings. The third-order valence-electron chi connectivity index (χ3n) is 2.46. The molecular weight excluding hydrogens is 304 g/mol. The van der Waals surface area contributed by atoms with Gasteiger partial charge in [-0.2, -0.15) is 0 Å². The summed E-state index contributed by atoms with van der Waals surface area (Å²) in [6.07, 6.45) is -0.764. The fourth-order valence-corrected chi connectivity index (χ4v) is 1.55. The van der Waals surface area contributed by atoms with Crippen LogP contribution in [0.2, 0.25) is 0 Å². The molecule has 0 saturated heterocycles. The summed E-state index contributed by atoms with van der Waals surface area (Å²) in [7, 11) is 0. The Morgan fingerprint density at radius 1 is 0.957 bits per heavy atom. The highest BCUT2D eigenvalue weighted by Gasteiger charge is 2.15. The van der Waals surface area contributed by atoms with Crippen LogP contribution in [0.1, 0.15) is 34.6 Å². The minimum Gasteiger partial charge on any atom is -0.473 e. The lowest BCUT2D eigenvalue weighted by atomic mass is 10.4. The average molecular weight is 332 g/mol. The number of hydrogen-bond acceptors (Lipinski definition) is 7. The van der Waals surface area contributed by atoms with Gasteiger partial charge < -0.3 is 28.4 Å². The van der Waals surface area contributed by atoms with Crippen LogP contribution in [0.4, 0.5) is 0 Å². The first kappa shape index (κ1) is 21.6. The second-order valence-electron chi connectivity index (χ2n) is 4.77. The summed E-state index contributed by atoms with van der Waals surface area (Å²) in [5, 5.41) is 0. The van der Waals surface area contributed by atoms with E-state index in [1.807, 2.05) is 0 Å². The van der Waals surface area contributed by atoms with E-state index < -0.39 is 31.1 Å². The van der Waals surface area contributed by atoms with E-state index in [2.05, 4.69) is 13.2 Å². The molecule has 0 aromatic heterocycles. The number of hydrogen-bond donors (Lipinski definition) is 0. The van der Waals surface area contributed by atoms with Gasteiger partial charge >= 0.3 is 5.97 Å². The molecule has 4 atom stereocenters. The van der Waals surface area contributed by atoms with Crippen LogP contribution in [-0.2, 0) is 33.2 Å². The van der Waals surface area contributed by atoms with Crippen molar-refractivity contribution in [3.05, 3.63) is 25.0 Å². The Morgan fingerprint density at radius 2 is 1.48 bits per heavy atom. The van der Waals surface area contributed by atoms with Gasteiger partial charge in [0, 0.05) is 5.57 Å². The van der Waals surface area contributed by atoms with Gasteiger partial charge in [0.1, 0.15) is 6.61 Å². The predicted molar refractivity (Wildman–Crippen MR) is 84.1 cm³/mol. The van der Waals surface area contributed by atoms with Crippen LogP contribution in [0.15, 0.2) is 25.0 Å². The number of ether oxygens (including phenoxy) is 6. The van der Waals surface area contributed by atoms with Crippen molar-refractivity contribution in [1.82, 2.24) is 0 Å². The second kappa shape index (κ2) is 12.1. The molecule has 0 aromatic carbocycles. The summed E-state index contributed by atoms with van der Waals surface area (Å²) in [6, 6.07) is 0. The highest BCUT2D eigenvalue weighted by molar-refractivity contribution is 5.86. The molecular formula is C16H28O7. The lowest BCUT2D eigenvalue weighted by Crippen LogP contribution is -2.29. The van der Waals surface area contributed by atoms with Crippen LogP contribution < -0.4 is 0 Å². The Morgan fingerprint density at radius 3 is 2.00 bits per heavy atom. The zero-order chi connectivity index (χ0) is 17.8. The summed E-state index contributed by atoms with van der Waals surface area (Å²) in [5.41, 5.74) is 0.347. The van der Waals surface area contributed by atoms with Gasteiger partial charge in [-0.3, -0.25) is 0 Å². The predicted octanol–water partition coefficient (Wildman–Crippen LogP) is 2.72. The zero-order valence-corrected chi connectivity index (χ0v) is 14.6. The van der Waals surface area contributed by atoms with E-state index >= 15 is 0 Å².